The molecule has 0 aromatic carbocycles. The van der Waals surface area contributed by atoms with Gasteiger partial charge in [-0.15, -0.1) is 0 Å². The van der Waals surface area contributed by atoms with Gasteiger partial charge < -0.3 is 8.97 Å². The van der Waals surface area contributed by atoms with Gasteiger partial charge in [-0.25, -0.2) is 0 Å². The molecule has 0 aromatic heterocycles. The summed E-state index contributed by atoms with van der Waals surface area (Å²) in [4.78, 5) is 5.50. The summed E-state index contributed by atoms with van der Waals surface area (Å²) < 4.78 is 2.65. The zero-order chi connectivity index (χ0) is 23.0. The maximum Gasteiger partial charge on any atom is 0.0915 e. The van der Waals surface area contributed by atoms with Crippen LogP contribution in [0.3, 0.4) is 0 Å². The summed E-state index contributed by atoms with van der Waals surface area (Å²) in [7, 11) is 0. The van der Waals surface area contributed by atoms with E-state index >= 15 is 0 Å². The second kappa shape index (κ2) is 16.5. The van der Waals surface area contributed by atoms with Crippen LogP contribution in [0, 0.1) is 0 Å². The molecule has 1 heterocycles. The Morgan fingerprint density at radius 2 is 0.806 bits per heavy atom. The zero-order valence-electron chi connectivity index (χ0n) is 22.6. The Morgan fingerprint density at radius 1 is 0.452 bits per heavy atom. The molecule has 4 nitrogen and oxygen atoms in total. The van der Waals surface area contributed by atoms with Gasteiger partial charge in [-0.3, -0.25) is 9.80 Å². The molecule has 1 rings (SSSR count). The first kappa shape index (κ1) is 28.9. The topological polar surface area (TPSA) is 6.48 Å². The normalized spacial score (nSPS) is 16.8. The van der Waals surface area contributed by atoms with E-state index in [4.69, 9.17) is 0 Å². The van der Waals surface area contributed by atoms with E-state index in [9.17, 15) is 0 Å². The molecule has 4 heteroatoms. The standard InChI is InChI=1S/C27H60N4/c1-7-13-15-17-25-31(11-5,12-6)27-23-29-20-18-28(19-21-29)22-26-30(9-3,10-4)24-16-14-8-2/h7-27H2,1-6H3/q+2. The van der Waals surface area contributed by atoms with E-state index in [-0.39, 0.29) is 0 Å². The van der Waals surface area contributed by atoms with E-state index in [1.54, 1.807) is 0 Å². The number of nitrogens with zero attached hydrogens (tertiary/aromatic N) is 4. The highest BCUT2D eigenvalue weighted by molar-refractivity contribution is 4.72. The predicted octanol–water partition coefficient (Wildman–Crippen LogP) is 5.09. The van der Waals surface area contributed by atoms with Gasteiger partial charge in [-0.2, -0.15) is 0 Å². The molecule has 0 bridgehead atoms. The molecule has 186 valence electrons. The summed E-state index contributed by atoms with van der Waals surface area (Å²) >= 11 is 0. The zero-order valence-corrected chi connectivity index (χ0v) is 22.6. The lowest BCUT2D eigenvalue weighted by Gasteiger charge is -2.42. The molecular formula is C27H60N4+2. The Hall–Kier alpha value is -0.160. The summed E-state index contributed by atoms with van der Waals surface area (Å²) in [6, 6.07) is 0. The molecule has 0 radical (unpaired) electrons. The maximum atomic E-state index is 2.75. The van der Waals surface area contributed by atoms with Crippen LogP contribution in [0.1, 0.15) is 86.5 Å². The molecule has 0 aliphatic carbocycles. The minimum absolute atomic E-state index is 1.27. The Labute approximate surface area is 197 Å². The minimum atomic E-state index is 1.27. The van der Waals surface area contributed by atoms with Crippen LogP contribution < -0.4 is 0 Å². The quantitative estimate of drug-likeness (QED) is 0.204. The van der Waals surface area contributed by atoms with Crippen molar-refractivity contribution < 1.29 is 8.97 Å². The summed E-state index contributed by atoms with van der Waals surface area (Å²) in [5.74, 6) is 0. The molecule has 31 heavy (non-hydrogen) atoms. The third-order valence-corrected chi connectivity index (χ3v) is 8.65. The molecule has 1 aliphatic rings. The first-order chi connectivity index (χ1) is 15.0. The summed E-state index contributed by atoms with van der Waals surface area (Å²) in [6.07, 6.45) is 9.72. The molecule has 0 atom stereocenters. The van der Waals surface area contributed by atoms with Crippen LogP contribution in [-0.2, 0) is 0 Å². The van der Waals surface area contributed by atoms with Gasteiger partial charge in [0.05, 0.1) is 52.4 Å². The average Bonchev–Trinajstić information content (AvgIpc) is 2.82. The van der Waals surface area contributed by atoms with E-state index in [0.717, 1.165) is 0 Å². The van der Waals surface area contributed by atoms with Crippen LogP contribution in [0.5, 0.6) is 0 Å². The number of piperazine rings is 1. The summed E-state index contributed by atoms with van der Waals surface area (Å²) in [5, 5.41) is 0. The van der Waals surface area contributed by atoms with Crippen LogP contribution in [0.15, 0.2) is 0 Å². The molecule has 0 aromatic rings. The number of hydrogen-bond donors (Lipinski definition) is 0. The SMILES string of the molecule is CCCCCC[N+](CC)(CC)CCN1CCN(CC[N+](CC)(CC)CCCCC)CC1. The lowest BCUT2D eigenvalue weighted by molar-refractivity contribution is -0.924. The molecule has 1 fully saturated rings. The minimum Gasteiger partial charge on any atom is -0.323 e. The molecule has 1 saturated heterocycles. The Bertz CT molecular complexity index is 409. The van der Waals surface area contributed by atoms with Crippen molar-refractivity contribution in [3.63, 3.8) is 0 Å². The van der Waals surface area contributed by atoms with Crippen LogP contribution in [0.4, 0.5) is 0 Å². The fourth-order valence-corrected chi connectivity index (χ4v) is 5.45. The first-order valence-corrected chi connectivity index (χ1v) is 14.2. The maximum absolute atomic E-state index is 2.75. The van der Waals surface area contributed by atoms with Gasteiger partial charge >= 0.3 is 0 Å². The van der Waals surface area contributed by atoms with Crippen molar-refractivity contribution in [3.05, 3.63) is 0 Å². The van der Waals surface area contributed by atoms with E-state index in [1.165, 1.54) is 146 Å². The Balaban J connectivity index is 2.38. The van der Waals surface area contributed by atoms with Crippen LogP contribution in [0.2, 0.25) is 0 Å². The third-order valence-electron chi connectivity index (χ3n) is 8.65. The van der Waals surface area contributed by atoms with Crippen LogP contribution >= 0.6 is 0 Å². The van der Waals surface area contributed by atoms with Crippen molar-refractivity contribution in [1.29, 1.82) is 0 Å². The van der Waals surface area contributed by atoms with Gasteiger partial charge in [0.15, 0.2) is 0 Å². The van der Waals surface area contributed by atoms with Crippen molar-refractivity contribution in [2.45, 2.75) is 86.5 Å². The monoisotopic (exact) mass is 440 g/mol. The van der Waals surface area contributed by atoms with Gasteiger partial charge in [-0.1, -0.05) is 33.1 Å². The lowest BCUT2D eigenvalue weighted by atomic mass is 10.1. The largest absolute Gasteiger partial charge is 0.323 e. The van der Waals surface area contributed by atoms with E-state index in [1.807, 2.05) is 0 Å². The van der Waals surface area contributed by atoms with Crippen molar-refractivity contribution in [1.82, 2.24) is 9.80 Å². The molecule has 0 unspecified atom stereocenters. The molecule has 0 saturated carbocycles. The Kier molecular flexibility index (Phi) is 15.3. The van der Waals surface area contributed by atoms with Crippen molar-refractivity contribution in [2.75, 3.05) is 91.6 Å². The number of rotatable bonds is 19. The number of quaternary nitrogens is 2. The van der Waals surface area contributed by atoms with Crippen LogP contribution in [-0.4, -0.2) is 110 Å². The first-order valence-electron chi connectivity index (χ1n) is 14.2. The molecule has 0 N–H and O–H groups in total. The van der Waals surface area contributed by atoms with Crippen molar-refractivity contribution in [3.8, 4) is 0 Å². The fourth-order valence-electron chi connectivity index (χ4n) is 5.45. The smallest absolute Gasteiger partial charge is 0.0915 e. The Morgan fingerprint density at radius 3 is 1.16 bits per heavy atom. The second-order valence-corrected chi connectivity index (χ2v) is 10.3. The van der Waals surface area contributed by atoms with Gasteiger partial charge in [0.2, 0.25) is 0 Å². The average molecular weight is 441 g/mol. The van der Waals surface area contributed by atoms with E-state index in [0.29, 0.717) is 0 Å². The van der Waals surface area contributed by atoms with Crippen LogP contribution in [0.25, 0.3) is 0 Å². The number of unbranched alkanes of at least 4 members (excludes halogenated alkanes) is 5. The molecular weight excluding hydrogens is 380 g/mol. The molecule has 1 aliphatic heterocycles. The van der Waals surface area contributed by atoms with Gasteiger partial charge in [0, 0.05) is 39.3 Å². The molecule has 0 spiro atoms. The lowest BCUT2D eigenvalue weighted by Crippen LogP contribution is -2.56. The van der Waals surface area contributed by atoms with Gasteiger partial charge in [-0.05, 0) is 53.4 Å². The fraction of sp³-hybridized carbons (Fsp3) is 1.00. The van der Waals surface area contributed by atoms with E-state index in [2.05, 4.69) is 51.3 Å². The second-order valence-electron chi connectivity index (χ2n) is 10.3. The molecule has 0 amide bonds. The van der Waals surface area contributed by atoms with Gasteiger partial charge in [0.1, 0.15) is 0 Å². The highest BCUT2D eigenvalue weighted by Gasteiger charge is 2.27. The van der Waals surface area contributed by atoms with Gasteiger partial charge in [0.25, 0.3) is 0 Å². The summed E-state index contributed by atoms with van der Waals surface area (Å²) in [6.45, 7) is 32.6. The highest BCUT2D eigenvalue weighted by Crippen LogP contribution is 2.14. The van der Waals surface area contributed by atoms with E-state index < -0.39 is 0 Å². The number of likely N-dealkylation sites (N-methyl/N-ethyl adjacent to an activating group) is 2. The number of hydrogen-bond acceptors (Lipinski definition) is 2. The predicted molar refractivity (Wildman–Crippen MR) is 139 cm³/mol. The third kappa shape index (κ3) is 10.5. The van der Waals surface area contributed by atoms with Crippen molar-refractivity contribution >= 4 is 0 Å². The summed E-state index contributed by atoms with van der Waals surface area (Å²) in [5.41, 5.74) is 0. The highest BCUT2D eigenvalue weighted by atomic mass is 15.4. The van der Waals surface area contributed by atoms with Crippen molar-refractivity contribution in [2.24, 2.45) is 0 Å².